The van der Waals surface area contributed by atoms with Crippen molar-refractivity contribution in [2.75, 3.05) is 6.61 Å². The van der Waals surface area contributed by atoms with Gasteiger partial charge in [0.25, 0.3) is 0 Å². The van der Waals surface area contributed by atoms with Crippen molar-refractivity contribution in [3.8, 4) is 0 Å². The molecule has 0 radical (unpaired) electrons. The van der Waals surface area contributed by atoms with Gasteiger partial charge in [0.2, 0.25) is 0 Å². The van der Waals surface area contributed by atoms with E-state index in [4.69, 9.17) is 0 Å². The number of rotatable bonds is 7. The molecule has 1 unspecified atom stereocenters. The van der Waals surface area contributed by atoms with E-state index in [1.165, 1.54) is 0 Å². The molecule has 1 N–H and O–H groups in total. The van der Waals surface area contributed by atoms with Crippen molar-refractivity contribution in [1.82, 2.24) is 5.48 Å². The summed E-state index contributed by atoms with van der Waals surface area (Å²) < 4.78 is 34.9. The second-order valence-corrected chi connectivity index (χ2v) is 3.42. The van der Waals surface area contributed by atoms with Gasteiger partial charge in [0, 0.05) is 6.04 Å². The third-order valence-corrected chi connectivity index (χ3v) is 1.76. The van der Waals surface area contributed by atoms with Gasteiger partial charge < -0.3 is 0 Å². The molecule has 0 aliphatic heterocycles. The molecule has 0 aromatic heterocycles. The Morgan fingerprint density at radius 3 is 2.43 bits per heavy atom. The first kappa shape index (κ1) is 13.7. The lowest BCUT2D eigenvalue weighted by molar-refractivity contribution is -0.192. The Labute approximate surface area is 82.8 Å². The van der Waals surface area contributed by atoms with Crippen LogP contribution < -0.4 is 5.48 Å². The summed E-state index contributed by atoms with van der Waals surface area (Å²) in [4.78, 5) is 4.32. The van der Waals surface area contributed by atoms with Crippen molar-refractivity contribution in [2.45, 2.75) is 51.7 Å². The Bertz CT molecular complexity index is 139. The minimum absolute atomic E-state index is 0.0242. The summed E-state index contributed by atoms with van der Waals surface area (Å²) >= 11 is 0. The third kappa shape index (κ3) is 9.80. The van der Waals surface area contributed by atoms with Gasteiger partial charge in [-0.2, -0.15) is 18.7 Å². The van der Waals surface area contributed by atoms with Crippen LogP contribution in [0, 0.1) is 0 Å². The van der Waals surface area contributed by atoms with E-state index in [1.807, 2.05) is 6.92 Å². The number of hydrogen-bond acceptors (Lipinski definition) is 2. The zero-order valence-electron chi connectivity index (χ0n) is 8.66. The average Bonchev–Trinajstić information content (AvgIpc) is 2.02. The zero-order valence-corrected chi connectivity index (χ0v) is 8.66. The Morgan fingerprint density at radius 1 is 1.29 bits per heavy atom. The molecule has 0 rings (SSSR count). The van der Waals surface area contributed by atoms with Gasteiger partial charge >= 0.3 is 6.18 Å². The van der Waals surface area contributed by atoms with E-state index in [0.29, 0.717) is 0 Å². The highest BCUT2D eigenvalue weighted by Crippen LogP contribution is 2.14. The molecule has 0 aromatic rings. The van der Waals surface area contributed by atoms with Crippen molar-refractivity contribution in [3.63, 3.8) is 0 Å². The van der Waals surface area contributed by atoms with Crippen molar-refractivity contribution in [1.29, 1.82) is 0 Å². The van der Waals surface area contributed by atoms with Crippen LogP contribution in [0.15, 0.2) is 0 Å². The fraction of sp³-hybridized carbons (Fsp3) is 1.00. The van der Waals surface area contributed by atoms with E-state index in [0.717, 1.165) is 25.7 Å². The van der Waals surface area contributed by atoms with Crippen LogP contribution in [0.1, 0.15) is 39.5 Å². The number of hydrogen-bond donors (Lipinski definition) is 1. The van der Waals surface area contributed by atoms with Gasteiger partial charge in [0.15, 0.2) is 6.61 Å². The monoisotopic (exact) mass is 213 g/mol. The summed E-state index contributed by atoms with van der Waals surface area (Å²) in [7, 11) is 0. The summed E-state index contributed by atoms with van der Waals surface area (Å²) in [6.45, 7) is 2.66. The summed E-state index contributed by atoms with van der Waals surface area (Å²) in [5.41, 5.74) is 2.38. The minimum atomic E-state index is -4.25. The quantitative estimate of drug-likeness (QED) is 0.518. The van der Waals surface area contributed by atoms with E-state index >= 15 is 0 Å². The zero-order chi connectivity index (χ0) is 11.0. The van der Waals surface area contributed by atoms with Crippen LogP contribution in [0.3, 0.4) is 0 Å². The van der Waals surface area contributed by atoms with Gasteiger partial charge in [-0.15, -0.1) is 0 Å². The molecule has 0 bridgehead atoms. The maximum Gasteiger partial charge on any atom is 0.413 e. The molecule has 0 aliphatic rings. The van der Waals surface area contributed by atoms with Crippen molar-refractivity contribution in [3.05, 3.63) is 0 Å². The number of nitrogens with one attached hydrogen (secondary N) is 1. The fourth-order valence-corrected chi connectivity index (χ4v) is 1.03. The SMILES string of the molecule is CCCCCC(C)NOCC(F)(F)F. The summed E-state index contributed by atoms with van der Waals surface area (Å²) in [6.07, 6.45) is -0.191. The van der Waals surface area contributed by atoms with Gasteiger partial charge in [-0.05, 0) is 13.3 Å². The summed E-state index contributed by atoms with van der Waals surface area (Å²) in [5, 5.41) is 0. The van der Waals surface area contributed by atoms with Crippen LogP contribution in [-0.4, -0.2) is 18.8 Å². The van der Waals surface area contributed by atoms with Crippen LogP contribution >= 0.6 is 0 Å². The molecule has 0 saturated heterocycles. The predicted octanol–water partition coefficient (Wildman–Crippen LogP) is 3.04. The first-order chi connectivity index (χ1) is 6.45. The highest BCUT2D eigenvalue weighted by molar-refractivity contribution is 4.55. The second kappa shape index (κ2) is 7.06. The molecule has 2 nitrogen and oxygen atoms in total. The minimum Gasteiger partial charge on any atom is -0.292 e. The van der Waals surface area contributed by atoms with Gasteiger partial charge in [0.05, 0.1) is 0 Å². The fourth-order valence-electron chi connectivity index (χ4n) is 1.03. The lowest BCUT2D eigenvalue weighted by Crippen LogP contribution is -2.31. The van der Waals surface area contributed by atoms with Gasteiger partial charge in [0.1, 0.15) is 0 Å². The Balaban J connectivity index is 3.31. The van der Waals surface area contributed by atoms with Crippen LogP contribution in [0.4, 0.5) is 13.2 Å². The summed E-state index contributed by atoms with van der Waals surface area (Å²) in [6, 6.07) is -0.0242. The molecule has 0 aliphatic carbocycles. The van der Waals surface area contributed by atoms with E-state index in [1.54, 1.807) is 0 Å². The smallest absolute Gasteiger partial charge is 0.292 e. The van der Waals surface area contributed by atoms with E-state index in [2.05, 4.69) is 17.2 Å². The lowest BCUT2D eigenvalue weighted by Gasteiger charge is -2.14. The maximum absolute atomic E-state index is 11.6. The first-order valence-corrected chi connectivity index (χ1v) is 4.89. The Hall–Kier alpha value is -0.290. The molecule has 0 aromatic carbocycles. The molecule has 14 heavy (non-hydrogen) atoms. The molecule has 5 heteroatoms. The maximum atomic E-state index is 11.6. The predicted molar refractivity (Wildman–Crippen MR) is 48.7 cm³/mol. The Kier molecular flexibility index (Phi) is 6.92. The molecule has 0 fully saturated rings. The van der Waals surface area contributed by atoms with Crippen LogP contribution in [-0.2, 0) is 4.84 Å². The highest BCUT2D eigenvalue weighted by Gasteiger charge is 2.27. The number of alkyl halides is 3. The highest BCUT2D eigenvalue weighted by atomic mass is 19.4. The van der Waals surface area contributed by atoms with Gasteiger partial charge in [-0.25, -0.2) is 0 Å². The van der Waals surface area contributed by atoms with Crippen LogP contribution in [0.2, 0.25) is 0 Å². The molecule has 0 amide bonds. The number of hydroxylamine groups is 1. The van der Waals surface area contributed by atoms with Crippen LogP contribution in [0.5, 0.6) is 0 Å². The molecule has 1 atom stereocenters. The first-order valence-electron chi connectivity index (χ1n) is 4.89. The van der Waals surface area contributed by atoms with Gasteiger partial charge in [-0.3, -0.25) is 4.84 Å². The molecule has 86 valence electrons. The summed E-state index contributed by atoms with van der Waals surface area (Å²) in [5.74, 6) is 0. The molecule has 0 heterocycles. The van der Waals surface area contributed by atoms with Gasteiger partial charge in [-0.1, -0.05) is 26.2 Å². The van der Waals surface area contributed by atoms with Crippen molar-refractivity contribution < 1.29 is 18.0 Å². The molecule has 0 saturated carbocycles. The lowest BCUT2D eigenvalue weighted by atomic mass is 10.1. The number of halogens is 3. The van der Waals surface area contributed by atoms with Crippen molar-refractivity contribution in [2.24, 2.45) is 0 Å². The molecule has 0 spiro atoms. The number of unbranched alkanes of at least 4 members (excludes halogenated alkanes) is 2. The van der Waals surface area contributed by atoms with E-state index in [-0.39, 0.29) is 6.04 Å². The standard InChI is InChI=1S/C9H18F3NO/c1-3-4-5-6-8(2)13-14-7-9(10,11)12/h8,13H,3-7H2,1-2H3. The average molecular weight is 213 g/mol. The largest absolute Gasteiger partial charge is 0.413 e. The Morgan fingerprint density at radius 2 is 1.93 bits per heavy atom. The molecular weight excluding hydrogens is 195 g/mol. The van der Waals surface area contributed by atoms with E-state index in [9.17, 15) is 13.2 Å². The normalized spacial score (nSPS) is 14.4. The van der Waals surface area contributed by atoms with Crippen molar-refractivity contribution >= 4 is 0 Å². The second-order valence-electron chi connectivity index (χ2n) is 3.42. The van der Waals surface area contributed by atoms with Crippen LogP contribution in [0.25, 0.3) is 0 Å². The third-order valence-electron chi connectivity index (χ3n) is 1.76. The molecular formula is C9H18F3NO. The van der Waals surface area contributed by atoms with E-state index < -0.39 is 12.8 Å². The topological polar surface area (TPSA) is 21.3 Å².